The lowest BCUT2D eigenvalue weighted by atomic mass is 9.87. The molecule has 3 atom stereocenters. The van der Waals surface area contributed by atoms with Gasteiger partial charge < -0.3 is 15.5 Å². The molecule has 0 spiro atoms. The minimum absolute atomic E-state index is 0.0714. The highest BCUT2D eigenvalue weighted by Gasteiger charge is 2.44. The van der Waals surface area contributed by atoms with Crippen molar-refractivity contribution in [3.8, 4) is 0 Å². The number of amides is 3. The van der Waals surface area contributed by atoms with Crippen LogP contribution < -0.4 is 10.6 Å². The van der Waals surface area contributed by atoms with Gasteiger partial charge in [0.1, 0.15) is 17.9 Å². The standard InChI is InChI=1S/C22H28FN3O3/c23-16-8-6-14(7-9-16)12-18-22(29)26-11-10-17(13-19(26)21(28)25-18)24-20(27)15-4-2-1-3-5-15/h6-9,15,17-19H,1-5,10-13H2,(H,24,27)(H,25,28)/t17-,18+,19-/m0/s1. The smallest absolute Gasteiger partial charge is 0.246 e. The van der Waals surface area contributed by atoms with Gasteiger partial charge in [-0.05, 0) is 43.4 Å². The maximum Gasteiger partial charge on any atom is 0.246 e. The van der Waals surface area contributed by atoms with E-state index in [1.165, 1.54) is 18.6 Å². The number of halogens is 1. The van der Waals surface area contributed by atoms with E-state index in [0.717, 1.165) is 31.2 Å². The number of rotatable bonds is 4. The Balaban J connectivity index is 1.35. The van der Waals surface area contributed by atoms with E-state index in [9.17, 15) is 18.8 Å². The number of hydrogen-bond donors (Lipinski definition) is 2. The molecule has 1 aromatic rings. The molecule has 2 aliphatic heterocycles. The summed E-state index contributed by atoms with van der Waals surface area (Å²) in [6.07, 6.45) is 6.76. The topological polar surface area (TPSA) is 78.5 Å². The first kappa shape index (κ1) is 19.9. The Morgan fingerprint density at radius 2 is 1.83 bits per heavy atom. The molecule has 0 radical (unpaired) electrons. The average molecular weight is 401 g/mol. The first-order valence-electron chi connectivity index (χ1n) is 10.7. The monoisotopic (exact) mass is 401 g/mol. The third kappa shape index (κ3) is 4.43. The molecule has 1 aromatic carbocycles. The Labute approximate surface area is 170 Å². The van der Waals surface area contributed by atoms with Gasteiger partial charge >= 0.3 is 0 Å². The quantitative estimate of drug-likeness (QED) is 0.809. The zero-order valence-corrected chi connectivity index (χ0v) is 16.5. The zero-order chi connectivity index (χ0) is 20.4. The minimum atomic E-state index is -0.627. The average Bonchev–Trinajstić information content (AvgIpc) is 2.74. The molecule has 0 aromatic heterocycles. The van der Waals surface area contributed by atoms with Crippen LogP contribution >= 0.6 is 0 Å². The molecule has 2 heterocycles. The van der Waals surface area contributed by atoms with Crippen LogP contribution in [0.15, 0.2) is 24.3 Å². The van der Waals surface area contributed by atoms with Gasteiger partial charge in [-0.2, -0.15) is 0 Å². The molecule has 6 nitrogen and oxygen atoms in total. The molecule has 2 saturated heterocycles. The van der Waals surface area contributed by atoms with E-state index in [1.807, 2.05) is 0 Å². The van der Waals surface area contributed by atoms with Crippen LogP contribution in [0.4, 0.5) is 4.39 Å². The summed E-state index contributed by atoms with van der Waals surface area (Å²) in [4.78, 5) is 39.8. The lowest BCUT2D eigenvalue weighted by Crippen LogP contribution is -2.67. The van der Waals surface area contributed by atoms with E-state index < -0.39 is 12.1 Å². The molecule has 3 aliphatic rings. The molecule has 1 saturated carbocycles. The predicted molar refractivity (Wildman–Crippen MR) is 105 cm³/mol. The van der Waals surface area contributed by atoms with E-state index in [-0.39, 0.29) is 35.5 Å². The van der Waals surface area contributed by atoms with Crippen molar-refractivity contribution < 1.29 is 18.8 Å². The molecule has 29 heavy (non-hydrogen) atoms. The third-order valence-corrected chi connectivity index (χ3v) is 6.48. The second kappa shape index (κ2) is 8.51. The fourth-order valence-corrected chi connectivity index (χ4v) is 4.82. The van der Waals surface area contributed by atoms with Gasteiger partial charge in [0.25, 0.3) is 0 Å². The van der Waals surface area contributed by atoms with E-state index in [0.29, 0.717) is 25.8 Å². The summed E-state index contributed by atoms with van der Waals surface area (Å²) in [6, 6.07) is 4.75. The molecule has 7 heteroatoms. The lowest BCUT2D eigenvalue weighted by molar-refractivity contribution is -0.152. The van der Waals surface area contributed by atoms with E-state index in [1.54, 1.807) is 17.0 Å². The lowest BCUT2D eigenvalue weighted by Gasteiger charge is -2.44. The molecule has 0 unspecified atom stereocenters. The van der Waals surface area contributed by atoms with Gasteiger partial charge in [-0.15, -0.1) is 0 Å². The van der Waals surface area contributed by atoms with Crippen molar-refractivity contribution in [2.45, 2.75) is 69.5 Å². The maximum atomic E-state index is 13.1. The summed E-state index contributed by atoms with van der Waals surface area (Å²) in [5, 5.41) is 5.95. The van der Waals surface area contributed by atoms with Crippen molar-refractivity contribution in [1.29, 1.82) is 0 Å². The normalized spacial score (nSPS) is 27.9. The van der Waals surface area contributed by atoms with Crippen LogP contribution in [0.25, 0.3) is 0 Å². The summed E-state index contributed by atoms with van der Waals surface area (Å²) in [5.74, 6) is -0.418. The van der Waals surface area contributed by atoms with Crippen molar-refractivity contribution in [2.24, 2.45) is 5.92 Å². The highest BCUT2D eigenvalue weighted by atomic mass is 19.1. The van der Waals surface area contributed by atoms with E-state index >= 15 is 0 Å². The number of hydrogen-bond acceptors (Lipinski definition) is 3. The van der Waals surface area contributed by atoms with Crippen molar-refractivity contribution in [1.82, 2.24) is 15.5 Å². The molecule has 3 amide bonds. The predicted octanol–water partition coefficient (Wildman–Crippen LogP) is 1.92. The fraction of sp³-hybridized carbons (Fsp3) is 0.591. The summed E-state index contributed by atoms with van der Waals surface area (Å²) < 4.78 is 13.1. The van der Waals surface area contributed by atoms with Gasteiger partial charge in [0.15, 0.2) is 0 Å². The van der Waals surface area contributed by atoms with Crippen LogP contribution in [-0.2, 0) is 20.8 Å². The van der Waals surface area contributed by atoms with Crippen molar-refractivity contribution in [3.63, 3.8) is 0 Å². The van der Waals surface area contributed by atoms with Crippen LogP contribution in [0.3, 0.4) is 0 Å². The number of nitrogens with one attached hydrogen (secondary N) is 2. The van der Waals surface area contributed by atoms with Crippen LogP contribution in [0.2, 0.25) is 0 Å². The largest absolute Gasteiger partial charge is 0.353 e. The number of piperazine rings is 1. The molecule has 1 aliphatic carbocycles. The van der Waals surface area contributed by atoms with E-state index in [4.69, 9.17) is 0 Å². The Hall–Kier alpha value is -2.44. The number of benzene rings is 1. The number of fused-ring (bicyclic) bond motifs is 1. The van der Waals surface area contributed by atoms with Crippen molar-refractivity contribution in [2.75, 3.05) is 6.54 Å². The van der Waals surface area contributed by atoms with Crippen LogP contribution in [-0.4, -0.2) is 47.3 Å². The molecule has 3 fully saturated rings. The molecule has 156 valence electrons. The van der Waals surface area contributed by atoms with Gasteiger partial charge in [-0.3, -0.25) is 14.4 Å². The number of carbonyl (C=O) groups is 3. The number of nitrogens with zero attached hydrogens (tertiary/aromatic N) is 1. The van der Waals surface area contributed by atoms with Crippen molar-refractivity contribution >= 4 is 17.7 Å². The highest BCUT2D eigenvalue weighted by molar-refractivity contribution is 5.97. The van der Waals surface area contributed by atoms with Crippen LogP contribution in [0.1, 0.15) is 50.5 Å². The second-order valence-corrected chi connectivity index (χ2v) is 8.50. The van der Waals surface area contributed by atoms with Gasteiger partial charge in [0.05, 0.1) is 0 Å². The maximum absolute atomic E-state index is 13.1. The minimum Gasteiger partial charge on any atom is -0.353 e. The van der Waals surface area contributed by atoms with Crippen LogP contribution in [0.5, 0.6) is 0 Å². The first-order chi connectivity index (χ1) is 14.0. The summed E-state index contributed by atoms with van der Waals surface area (Å²) in [7, 11) is 0. The SMILES string of the molecule is O=C(N[C@H]1CCN2C(=O)[C@@H](Cc3ccc(F)cc3)NC(=O)[C@@H]2C1)C1CCCCC1. The highest BCUT2D eigenvalue weighted by Crippen LogP contribution is 2.26. The second-order valence-electron chi connectivity index (χ2n) is 8.50. The van der Waals surface area contributed by atoms with Crippen molar-refractivity contribution in [3.05, 3.63) is 35.6 Å². The fourth-order valence-electron chi connectivity index (χ4n) is 4.82. The van der Waals surface area contributed by atoms with Gasteiger partial charge in [-0.25, -0.2) is 4.39 Å². The number of carbonyl (C=O) groups excluding carboxylic acids is 3. The molecular formula is C22H28FN3O3. The summed E-state index contributed by atoms with van der Waals surface area (Å²) in [6.45, 7) is 0.465. The molecule has 2 N–H and O–H groups in total. The van der Waals surface area contributed by atoms with E-state index in [2.05, 4.69) is 10.6 Å². The Kier molecular flexibility index (Phi) is 5.83. The Morgan fingerprint density at radius 1 is 1.10 bits per heavy atom. The Morgan fingerprint density at radius 3 is 2.55 bits per heavy atom. The Bertz CT molecular complexity index is 776. The molecule has 4 rings (SSSR count). The third-order valence-electron chi connectivity index (χ3n) is 6.48. The van der Waals surface area contributed by atoms with Crippen LogP contribution in [0, 0.1) is 11.7 Å². The summed E-state index contributed by atoms with van der Waals surface area (Å²) in [5.41, 5.74) is 0.804. The van der Waals surface area contributed by atoms with Gasteiger partial charge in [-0.1, -0.05) is 31.4 Å². The molecule has 0 bridgehead atoms. The zero-order valence-electron chi connectivity index (χ0n) is 16.5. The summed E-state index contributed by atoms with van der Waals surface area (Å²) >= 11 is 0. The number of piperidine rings is 1. The van der Waals surface area contributed by atoms with Gasteiger partial charge in [0, 0.05) is 24.9 Å². The van der Waals surface area contributed by atoms with Gasteiger partial charge in [0.2, 0.25) is 17.7 Å². The molecular weight excluding hydrogens is 373 g/mol. The first-order valence-corrected chi connectivity index (χ1v) is 10.7.